The Morgan fingerprint density at radius 2 is 1.58 bits per heavy atom. The number of morpholine rings is 1. The topological polar surface area (TPSA) is 66.9 Å². The molecule has 24 heavy (non-hydrogen) atoms. The molecular formula is C17H24N2O4S. The maximum absolute atomic E-state index is 12.7. The summed E-state index contributed by atoms with van der Waals surface area (Å²) in [6, 6.07) is 6.32. The summed E-state index contributed by atoms with van der Waals surface area (Å²) in [5, 5.41) is 0. The number of amides is 1. The molecule has 2 unspecified atom stereocenters. The molecule has 0 radical (unpaired) electrons. The first-order valence-electron chi connectivity index (χ1n) is 8.42. The molecule has 7 heteroatoms. The number of rotatable bonds is 3. The lowest BCUT2D eigenvalue weighted by molar-refractivity contribution is -0.0249. The summed E-state index contributed by atoms with van der Waals surface area (Å²) < 4.78 is 32.0. The van der Waals surface area contributed by atoms with Crippen molar-refractivity contribution >= 4 is 15.9 Å². The van der Waals surface area contributed by atoms with Crippen LogP contribution >= 0.6 is 0 Å². The molecule has 2 aliphatic rings. The lowest BCUT2D eigenvalue weighted by atomic mass is 10.1. The minimum atomic E-state index is -3.44. The van der Waals surface area contributed by atoms with Gasteiger partial charge in [0.1, 0.15) is 0 Å². The smallest absolute Gasteiger partial charge is 0.254 e. The lowest BCUT2D eigenvalue weighted by Crippen LogP contribution is -2.52. The summed E-state index contributed by atoms with van der Waals surface area (Å²) in [6.45, 7) is 6.12. The summed E-state index contributed by atoms with van der Waals surface area (Å²) >= 11 is 0. The van der Waals surface area contributed by atoms with E-state index in [1.54, 1.807) is 12.1 Å². The Hall–Kier alpha value is -1.44. The van der Waals surface area contributed by atoms with E-state index < -0.39 is 10.0 Å². The van der Waals surface area contributed by atoms with Crippen LogP contribution in [0.25, 0.3) is 0 Å². The number of carbonyl (C=O) groups excluding carboxylic acids is 1. The largest absolute Gasteiger partial charge is 0.377 e. The van der Waals surface area contributed by atoms with Crippen molar-refractivity contribution in [2.45, 2.75) is 43.7 Å². The van der Waals surface area contributed by atoms with Gasteiger partial charge in [-0.1, -0.05) is 0 Å². The van der Waals surface area contributed by atoms with Crippen LogP contribution in [-0.2, 0) is 14.8 Å². The molecule has 2 heterocycles. The number of carbonyl (C=O) groups is 1. The molecule has 1 amide bonds. The molecule has 132 valence electrons. The molecule has 2 fully saturated rings. The van der Waals surface area contributed by atoms with Gasteiger partial charge in [0.2, 0.25) is 10.0 Å². The van der Waals surface area contributed by atoms with Crippen LogP contribution in [0.1, 0.15) is 37.0 Å². The molecular weight excluding hydrogens is 328 g/mol. The fourth-order valence-corrected chi connectivity index (χ4v) is 4.92. The van der Waals surface area contributed by atoms with E-state index in [-0.39, 0.29) is 22.9 Å². The van der Waals surface area contributed by atoms with Crippen LogP contribution in [0.3, 0.4) is 0 Å². The van der Waals surface area contributed by atoms with Gasteiger partial charge in [-0.05, 0) is 51.0 Å². The Bertz CT molecular complexity index is 686. The molecule has 6 nitrogen and oxygen atoms in total. The average Bonchev–Trinajstić information content (AvgIpc) is 3.10. The number of hydrogen-bond acceptors (Lipinski definition) is 4. The van der Waals surface area contributed by atoms with Crippen LogP contribution in [0.4, 0.5) is 0 Å². The summed E-state index contributed by atoms with van der Waals surface area (Å²) in [6.07, 6.45) is 1.81. The van der Waals surface area contributed by atoms with Gasteiger partial charge in [-0.25, -0.2) is 8.42 Å². The third-order valence-electron chi connectivity index (χ3n) is 4.71. The predicted octanol–water partition coefficient (Wildman–Crippen LogP) is 1.72. The zero-order chi connectivity index (χ0) is 17.3. The first-order chi connectivity index (χ1) is 11.4. The van der Waals surface area contributed by atoms with Crippen molar-refractivity contribution in [2.24, 2.45) is 0 Å². The van der Waals surface area contributed by atoms with Crippen molar-refractivity contribution in [3.63, 3.8) is 0 Å². The predicted molar refractivity (Wildman–Crippen MR) is 90.3 cm³/mol. The standard InChI is InChI=1S/C17H24N2O4S/c1-13-11-23-12-14(2)19(13)17(20)15-5-7-16(8-6-15)24(21,22)18-9-3-4-10-18/h5-8,13-14H,3-4,9-12H2,1-2H3. The number of ether oxygens (including phenoxy) is 1. The minimum absolute atomic E-state index is 0.00857. The molecule has 0 aliphatic carbocycles. The summed E-state index contributed by atoms with van der Waals surface area (Å²) in [5.41, 5.74) is 0.510. The maximum Gasteiger partial charge on any atom is 0.254 e. The summed E-state index contributed by atoms with van der Waals surface area (Å²) in [5.74, 6) is -0.0802. The van der Waals surface area contributed by atoms with E-state index >= 15 is 0 Å². The van der Waals surface area contributed by atoms with E-state index in [2.05, 4.69) is 0 Å². The van der Waals surface area contributed by atoms with Gasteiger partial charge in [0, 0.05) is 18.7 Å². The van der Waals surface area contributed by atoms with E-state index in [1.807, 2.05) is 18.7 Å². The second-order valence-electron chi connectivity index (χ2n) is 6.58. The van der Waals surface area contributed by atoms with Crippen LogP contribution in [0.5, 0.6) is 0 Å². The van der Waals surface area contributed by atoms with Crippen LogP contribution in [0.2, 0.25) is 0 Å². The molecule has 1 aromatic rings. The zero-order valence-corrected chi connectivity index (χ0v) is 15.0. The zero-order valence-electron chi connectivity index (χ0n) is 14.1. The number of benzene rings is 1. The van der Waals surface area contributed by atoms with Gasteiger partial charge >= 0.3 is 0 Å². The normalized spacial score (nSPS) is 25.8. The molecule has 0 saturated carbocycles. The molecule has 2 saturated heterocycles. The molecule has 3 rings (SSSR count). The monoisotopic (exact) mass is 352 g/mol. The molecule has 2 aliphatic heterocycles. The fourth-order valence-electron chi connectivity index (χ4n) is 3.40. The molecule has 0 aromatic heterocycles. The van der Waals surface area contributed by atoms with Gasteiger partial charge in [0.25, 0.3) is 5.91 Å². The van der Waals surface area contributed by atoms with Gasteiger partial charge in [-0.15, -0.1) is 0 Å². The highest BCUT2D eigenvalue weighted by Gasteiger charge is 2.31. The van der Waals surface area contributed by atoms with E-state index in [0.717, 1.165) is 12.8 Å². The Kier molecular flexibility index (Phi) is 4.94. The van der Waals surface area contributed by atoms with Crippen molar-refractivity contribution in [1.29, 1.82) is 0 Å². The van der Waals surface area contributed by atoms with Gasteiger partial charge in [0.15, 0.2) is 0 Å². The molecule has 2 atom stereocenters. The van der Waals surface area contributed by atoms with E-state index in [1.165, 1.54) is 16.4 Å². The SMILES string of the molecule is CC1COCC(C)N1C(=O)c1ccc(S(=O)(=O)N2CCCC2)cc1. The summed E-state index contributed by atoms with van der Waals surface area (Å²) in [4.78, 5) is 14.8. The van der Waals surface area contributed by atoms with E-state index in [0.29, 0.717) is 31.9 Å². The Labute approximate surface area is 143 Å². The van der Waals surface area contributed by atoms with E-state index in [4.69, 9.17) is 4.74 Å². The van der Waals surface area contributed by atoms with Crippen LogP contribution in [0, 0.1) is 0 Å². The molecule has 0 N–H and O–H groups in total. The number of sulfonamides is 1. The summed E-state index contributed by atoms with van der Waals surface area (Å²) in [7, 11) is -3.44. The Morgan fingerprint density at radius 3 is 2.12 bits per heavy atom. The number of hydrogen-bond donors (Lipinski definition) is 0. The van der Waals surface area contributed by atoms with E-state index in [9.17, 15) is 13.2 Å². The Balaban J connectivity index is 1.80. The van der Waals surface area contributed by atoms with Crippen molar-refractivity contribution in [2.75, 3.05) is 26.3 Å². The maximum atomic E-state index is 12.7. The quantitative estimate of drug-likeness (QED) is 0.831. The highest BCUT2D eigenvalue weighted by Crippen LogP contribution is 2.22. The van der Waals surface area contributed by atoms with Gasteiger partial charge in [-0.3, -0.25) is 4.79 Å². The van der Waals surface area contributed by atoms with Gasteiger partial charge in [0.05, 0.1) is 30.2 Å². The Morgan fingerprint density at radius 1 is 1.04 bits per heavy atom. The highest BCUT2D eigenvalue weighted by molar-refractivity contribution is 7.89. The van der Waals surface area contributed by atoms with Crippen LogP contribution in [-0.4, -0.2) is 61.9 Å². The second kappa shape index (κ2) is 6.82. The molecule has 1 aromatic carbocycles. The first kappa shape index (κ1) is 17.4. The van der Waals surface area contributed by atoms with Crippen LogP contribution in [0.15, 0.2) is 29.2 Å². The van der Waals surface area contributed by atoms with Gasteiger partial charge < -0.3 is 9.64 Å². The lowest BCUT2D eigenvalue weighted by Gasteiger charge is -2.38. The highest BCUT2D eigenvalue weighted by atomic mass is 32.2. The minimum Gasteiger partial charge on any atom is -0.377 e. The second-order valence-corrected chi connectivity index (χ2v) is 8.52. The fraction of sp³-hybridized carbons (Fsp3) is 0.588. The first-order valence-corrected chi connectivity index (χ1v) is 9.86. The molecule has 0 spiro atoms. The molecule has 0 bridgehead atoms. The third kappa shape index (κ3) is 3.20. The van der Waals surface area contributed by atoms with Crippen molar-refractivity contribution in [1.82, 2.24) is 9.21 Å². The third-order valence-corrected chi connectivity index (χ3v) is 6.62. The average molecular weight is 352 g/mol. The number of nitrogens with zero attached hydrogens (tertiary/aromatic N) is 2. The van der Waals surface area contributed by atoms with Gasteiger partial charge in [-0.2, -0.15) is 4.31 Å². The van der Waals surface area contributed by atoms with Crippen molar-refractivity contribution in [3.8, 4) is 0 Å². The van der Waals surface area contributed by atoms with Crippen LogP contribution < -0.4 is 0 Å². The van der Waals surface area contributed by atoms with Crippen molar-refractivity contribution < 1.29 is 17.9 Å². The van der Waals surface area contributed by atoms with Crippen molar-refractivity contribution in [3.05, 3.63) is 29.8 Å².